The molecule has 2 rings (SSSR count). The van der Waals surface area contributed by atoms with Crippen molar-refractivity contribution in [3.63, 3.8) is 0 Å². The van der Waals surface area contributed by atoms with Crippen LogP contribution in [0.2, 0.25) is 0 Å². The Labute approximate surface area is 139 Å². The summed E-state index contributed by atoms with van der Waals surface area (Å²) in [5.41, 5.74) is 0. The number of aromatic nitrogens is 3. The van der Waals surface area contributed by atoms with E-state index in [1.807, 2.05) is 0 Å². The molecular formula is C12H10F3N5O4S. The van der Waals surface area contributed by atoms with Crippen molar-refractivity contribution in [2.24, 2.45) is 0 Å². The fourth-order valence-electron chi connectivity index (χ4n) is 1.54. The molecule has 1 aromatic carbocycles. The number of halogens is 3. The topological polar surface area (TPSA) is 123 Å². The maximum Gasteiger partial charge on any atom is 0.451 e. The molecule has 0 saturated heterocycles. The zero-order valence-electron chi connectivity index (χ0n) is 12.4. The van der Waals surface area contributed by atoms with E-state index in [9.17, 15) is 26.4 Å². The normalized spacial score (nSPS) is 11.7. The van der Waals surface area contributed by atoms with Gasteiger partial charge in [0.25, 0.3) is 10.0 Å². The number of hydrogen-bond donors (Lipinski definition) is 2. The lowest BCUT2D eigenvalue weighted by Crippen LogP contribution is -2.35. The third-order valence-corrected chi connectivity index (χ3v) is 3.90. The summed E-state index contributed by atoms with van der Waals surface area (Å²) in [6.07, 6.45) is -4.92. The highest BCUT2D eigenvalue weighted by Gasteiger charge is 2.36. The Bertz CT molecular complexity index is 874. The van der Waals surface area contributed by atoms with Crippen LogP contribution in [0.15, 0.2) is 35.2 Å². The van der Waals surface area contributed by atoms with Crippen molar-refractivity contribution < 1.29 is 31.1 Å². The van der Waals surface area contributed by atoms with E-state index in [0.29, 0.717) is 0 Å². The Morgan fingerprint density at radius 1 is 1.12 bits per heavy atom. The molecule has 0 fully saturated rings. The summed E-state index contributed by atoms with van der Waals surface area (Å²) >= 11 is 0. The fraction of sp³-hybridized carbons (Fsp3) is 0.167. The Morgan fingerprint density at radius 2 is 1.76 bits per heavy atom. The zero-order chi connectivity index (χ0) is 18.7. The van der Waals surface area contributed by atoms with Crippen LogP contribution in [0.3, 0.4) is 0 Å². The molecule has 0 aliphatic carbocycles. The van der Waals surface area contributed by atoms with Crippen LogP contribution < -0.4 is 14.8 Å². The molecule has 0 spiro atoms. The van der Waals surface area contributed by atoms with Gasteiger partial charge in [-0.2, -0.15) is 28.1 Å². The summed E-state index contributed by atoms with van der Waals surface area (Å²) in [6.45, 7) is 0. The van der Waals surface area contributed by atoms with E-state index in [4.69, 9.17) is 0 Å². The molecule has 0 unspecified atom stereocenters. The number of ether oxygens (including phenoxy) is 1. The Morgan fingerprint density at radius 3 is 2.32 bits per heavy atom. The smallest absolute Gasteiger partial charge is 0.451 e. The molecule has 0 radical (unpaired) electrons. The molecule has 2 N–H and O–H groups in total. The summed E-state index contributed by atoms with van der Waals surface area (Å²) in [4.78, 5) is 20.9. The van der Waals surface area contributed by atoms with Gasteiger partial charge in [-0.25, -0.2) is 17.9 Å². The Hall–Kier alpha value is -2.96. The van der Waals surface area contributed by atoms with Crippen molar-refractivity contribution in [1.29, 1.82) is 0 Å². The van der Waals surface area contributed by atoms with Gasteiger partial charge in [0.15, 0.2) is 0 Å². The van der Waals surface area contributed by atoms with Gasteiger partial charge >= 0.3 is 18.2 Å². The fourth-order valence-corrected chi connectivity index (χ4v) is 2.47. The van der Waals surface area contributed by atoms with Gasteiger partial charge in [0.2, 0.25) is 11.8 Å². The van der Waals surface area contributed by atoms with Gasteiger partial charge in [0, 0.05) is 0 Å². The van der Waals surface area contributed by atoms with E-state index in [-0.39, 0.29) is 4.90 Å². The van der Waals surface area contributed by atoms with Crippen LogP contribution in [-0.4, -0.2) is 36.5 Å². The van der Waals surface area contributed by atoms with Crippen molar-refractivity contribution in [2.75, 3.05) is 12.4 Å². The van der Waals surface area contributed by atoms with Gasteiger partial charge < -0.3 is 4.74 Å². The van der Waals surface area contributed by atoms with Gasteiger partial charge in [-0.1, -0.05) is 18.2 Å². The van der Waals surface area contributed by atoms with Gasteiger partial charge in [-0.05, 0) is 12.1 Å². The first kappa shape index (κ1) is 18.4. The highest BCUT2D eigenvalue weighted by Crippen LogP contribution is 2.27. The van der Waals surface area contributed by atoms with E-state index in [1.54, 1.807) is 16.1 Å². The van der Waals surface area contributed by atoms with Gasteiger partial charge in [-0.3, -0.25) is 5.32 Å². The lowest BCUT2D eigenvalue weighted by atomic mass is 10.4. The van der Waals surface area contributed by atoms with Crippen LogP contribution in [0, 0.1) is 0 Å². The second kappa shape index (κ2) is 6.88. The number of anilines is 1. The summed E-state index contributed by atoms with van der Waals surface area (Å²) in [5.74, 6) is -2.44. The van der Waals surface area contributed by atoms with Crippen LogP contribution in [0.1, 0.15) is 5.82 Å². The van der Waals surface area contributed by atoms with E-state index in [0.717, 1.165) is 7.11 Å². The molecule has 134 valence electrons. The predicted octanol–water partition coefficient (Wildman–Crippen LogP) is 1.41. The minimum absolute atomic E-state index is 0.214. The van der Waals surface area contributed by atoms with Crippen molar-refractivity contribution in [2.45, 2.75) is 11.1 Å². The number of urea groups is 1. The zero-order valence-corrected chi connectivity index (χ0v) is 13.2. The van der Waals surface area contributed by atoms with Crippen molar-refractivity contribution in [3.05, 3.63) is 36.2 Å². The molecule has 1 aromatic heterocycles. The van der Waals surface area contributed by atoms with Crippen LogP contribution in [0.25, 0.3) is 0 Å². The molecule has 2 amide bonds. The first-order chi connectivity index (χ1) is 11.6. The molecule has 9 nitrogen and oxygen atoms in total. The predicted molar refractivity (Wildman–Crippen MR) is 77.2 cm³/mol. The minimum atomic E-state index is -4.92. The second-order valence-corrected chi connectivity index (χ2v) is 6.02. The number of amides is 2. The summed E-state index contributed by atoms with van der Waals surface area (Å²) < 4.78 is 68.1. The molecular weight excluding hydrogens is 367 g/mol. The van der Waals surface area contributed by atoms with Crippen LogP contribution >= 0.6 is 0 Å². The average molecular weight is 377 g/mol. The first-order valence-electron chi connectivity index (χ1n) is 6.38. The largest absolute Gasteiger partial charge is 0.467 e. The van der Waals surface area contributed by atoms with Crippen LogP contribution in [-0.2, 0) is 16.2 Å². The molecule has 0 bridgehead atoms. The molecule has 0 saturated carbocycles. The number of nitrogens with zero attached hydrogens (tertiary/aromatic N) is 3. The van der Waals surface area contributed by atoms with Gasteiger partial charge in [-0.15, -0.1) is 0 Å². The van der Waals surface area contributed by atoms with Crippen LogP contribution in [0.4, 0.5) is 23.9 Å². The molecule has 1 heterocycles. The summed E-state index contributed by atoms with van der Waals surface area (Å²) in [5, 5.41) is 1.78. The third kappa shape index (κ3) is 4.76. The SMILES string of the molecule is COc1nc(NC(=O)NS(=O)(=O)c2ccccc2)nc(C(F)(F)F)n1. The maximum absolute atomic E-state index is 12.7. The minimum Gasteiger partial charge on any atom is -0.467 e. The highest BCUT2D eigenvalue weighted by atomic mass is 32.2. The third-order valence-electron chi connectivity index (χ3n) is 2.56. The van der Waals surface area contributed by atoms with Crippen LogP contribution in [0.5, 0.6) is 6.01 Å². The number of carbonyl (C=O) groups is 1. The monoisotopic (exact) mass is 377 g/mol. The number of rotatable bonds is 4. The first-order valence-corrected chi connectivity index (χ1v) is 7.86. The Balaban J connectivity index is 2.21. The number of methoxy groups -OCH3 is 1. The summed E-state index contributed by atoms with van der Waals surface area (Å²) in [7, 11) is -3.21. The van der Waals surface area contributed by atoms with E-state index >= 15 is 0 Å². The van der Waals surface area contributed by atoms with Crippen molar-refractivity contribution in [3.8, 4) is 6.01 Å². The number of sulfonamides is 1. The number of nitrogens with one attached hydrogen (secondary N) is 2. The van der Waals surface area contributed by atoms with E-state index in [1.165, 1.54) is 24.3 Å². The van der Waals surface area contributed by atoms with E-state index < -0.39 is 40.0 Å². The molecule has 13 heteroatoms. The molecule has 0 aliphatic heterocycles. The maximum atomic E-state index is 12.7. The van der Waals surface area contributed by atoms with Gasteiger partial charge in [0.05, 0.1) is 12.0 Å². The lowest BCUT2D eigenvalue weighted by Gasteiger charge is -2.10. The quantitative estimate of drug-likeness (QED) is 0.826. The van der Waals surface area contributed by atoms with Crippen molar-refractivity contribution >= 4 is 22.0 Å². The number of carbonyl (C=O) groups excluding carboxylic acids is 1. The van der Waals surface area contributed by atoms with E-state index in [2.05, 4.69) is 19.7 Å². The Kier molecular flexibility index (Phi) is 5.06. The van der Waals surface area contributed by atoms with Crippen molar-refractivity contribution in [1.82, 2.24) is 19.7 Å². The highest BCUT2D eigenvalue weighted by molar-refractivity contribution is 7.90. The standard InChI is InChI=1S/C12H10F3N5O4S/c1-24-11-17-8(12(13,14)15)16-9(19-11)18-10(21)20-25(22,23)7-5-3-2-4-6-7/h2-6H,1H3,(H2,16,17,18,19,20,21). The molecule has 0 aliphatic rings. The van der Waals surface area contributed by atoms with Gasteiger partial charge in [0.1, 0.15) is 0 Å². The number of hydrogen-bond acceptors (Lipinski definition) is 7. The number of benzene rings is 1. The lowest BCUT2D eigenvalue weighted by molar-refractivity contribution is -0.145. The number of alkyl halides is 3. The molecule has 25 heavy (non-hydrogen) atoms. The second-order valence-electron chi connectivity index (χ2n) is 4.34. The molecule has 2 aromatic rings. The average Bonchev–Trinajstić information content (AvgIpc) is 2.54. The molecule has 0 atom stereocenters. The summed E-state index contributed by atoms with van der Waals surface area (Å²) in [6, 6.07) is 4.81.